The molecule has 1 N–H and O–H groups in total. The summed E-state index contributed by atoms with van der Waals surface area (Å²) in [5, 5.41) is 13.6. The van der Waals surface area contributed by atoms with Gasteiger partial charge >= 0.3 is 0 Å². The molecular formula is C26H25N5O3S. The first-order valence-corrected chi connectivity index (χ1v) is 11.8. The van der Waals surface area contributed by atoms with Gasteiger partial charge in [0, 0.05) is 11.3 Å². The number of nitrogens with zero attached hydrogens (tertiary/aromatic N) is 4. The summed E-state index contributed by atoms with van der Waals surface area (Å²) in [6, 6.07) is 24.9. The zero-order valence-corrected chi connectivity index (χ0v) is 20.5. The van der Waals surface area contributed by atoms with Crippen molar-refractivity contribution in [3.63, 3.8) is 0 Å². The summed E-state index contributed by atoms with van der Waals surface area (Å²) in [6.07, 6.45) is 0. The minimum Gasteiger partial charge on any atom is -0.497 e. The van der Waals surface area contributed by atoms with Crippen LogP contribution in [0.5, 0.6) is 11.5 Å². The molecule has 3 aromatic carbocycles. The van der Waals surface area contributed by atoms with Crippen LogP contribution >= 0.6 is 11.8 Å². The predicted molar refractivity (Wildman–Crippen MR) is 137 cm³/mol. The van der Waals surface area contributed by atoms with E-state index >= 15 is 0 Å². The highest BCUT2D eigenvalue weighted by Crippen LogP contribution is 2.28. The molecule has 1 amide bonds. The van der Waals surface area contributed by atoms with Crippen LogP contribution in [0.2, 0.25) is 0 Å². The van der Waals surface area contributed by atoms with Crippen LogP contribution in [0.1, 0.15) is 12.5 Å². The lowest BCUT2D eigenvalue weighted by molar-refractivity contribution is -0.118. The van der Waals surface area contributed by atoms with E-state index < -0.39 is 0 Å². The van der Waals surface area contributed by atoms with Gasteiger partial charge in [-0.15, -0.1) is 10.2 Å². The van der Waals surface area contributed by atoms with Gasteiger partial charge in [0.2, 0.25) is 0 Å². The predicted octanol–water partition coefficient (Wildman–Crippen LogP) is 4.58. The Kier molecular flexibility index (Phi) is 7.79. The van der Waals surface area contributed by atoms with Crippen molar-refractivity contribution in [3.8, 4) is 28.6 Å². The van der Waals surface area contributed by atoms with Crippen molar-refractivity contribution in [2.45, 2.75) is 12.1 Å². The number of hydrogen-bond donors (Lipinski definition) is 1. The Labute approximate surface area is 208 Å². The number of benzene rings is 3. The molecule has 0 unspecified atom stereocenters. The number of amides is 1. The lowest BCUT2D eigenvalue weighted by Crippen LogP contribution is -2.21. The Morgan fingerprint density at radius 3 is 2.17 bits per heavy atom. The molecule has 0 aliphatic rings. The van der Waals surface area contributed by atoms with Gasteiger partial charge in [-0.25, -0.2) is 5.43 Å². The Morgan fingerprint density at radius 2 is 1.54 bits per heavy atom. The molecule has 9 heteroatoms. The van der Waals surface area contributed by atoms with Gasteiger partial charge in [-0.2, -0.15) is 5.10 Å². The second-order valence-electron chi connectivity index (χ2n) is 7.46. The molecule has 4 rings (SSSR count). The second kappa shape index (κ2) is 11.3. The van der Waals surface area contributed by atoms with E-state index in [2.05, 4.69) is 20.7 Å². The lowest BCUT2D eigenvalue weighted by Gasteiger charge is -2.11. The topological polar surface area (TPSA) is 90.6 Å². The first kappa shape index (κ1) is 24.0. The molecule has 35 heavy (non-hydrogen) atoms. The van der Waals surface area contributed by atoms with Crippen molar-refractivity contribution in [1.29, 1.82) is 0 Å². The largest absolute Gasteiger partial charge is 0.497 e. The first-order valence-electron chi connectivity index (χ1n) is 10.8. The van der Waals surface area contributed by atoms with Crippen molar-refractivity contribution >= 4 is 23.4 Å². The summed E-state index contributed by atoms with van der Waals surface area (Å²) >= 11 is 1.29. The number of rotatable bonds is 9. The van der Waals surface area contributed by atoms with Crippen LogP contribution in [0.4, 0.5) is 0 Å². The van der Waals surface area contributed by atoms with E-state index in [0.29, 0.717) is 16.7 Å². The number of ether oxygens (including phenoxy) is 2. The zero-order valence-electron chi connectivity index (χ0n) is 19.6. The van der Waals surface area contributed by atoms with Crippen LogP contribution < -0.4 is 14.9 Å². The van der Waals surface area contributed by atoms with Crippen molar-refractivity contribution in [2.75, 3.05) is 20.0 Å². The average Bonchev–Trinajstić information content (AvgIpc) is 3.35. The summed E-state index contributed by atoms with van der Waals surface area (Å²) < 4.78 is 12.4. The molecule has 0 spiro atoms. The van der Waals surface area contributed by atoms with Crippen LogP contribution in [0.25, 0.3) is 17.1 Å². The maximum absolute atomic E-state index is 12.5. The Bertz CT molecular complexity index is 1300. The maximum Gasteiger partial charge on any atom is 0.250 e. The van der Waals surface area contributed by atoms with E-state index in [9.17, 15) is 4.79 Å². The third-order valence-electron chi connectivity index (χ3n) is 5.18. The number of methoxy groups -OCH3 is 2. The number of carbonyl (C=O) groups excluding carboxylic acids is 1. The molecule has 0 radical (unpaired) electrons. The monoisotopic (exact) mass is 487 g/mol. The van der Waals surface area contributed by atoms with Crippen molar-refractivity contribution < 1.29 is 14.3 Å². The number of carbonyl (C=O) groups is 1. The van der Waals surface area contributed by atoms with Gasteiger partial charge in [0.25, 0.3) is 5.91 Å². The SMILES string of the molecule is COc1ccc(/C(C)=N/NC(=O)CSc2nnc(-c3ccccc3)n2-c2ccc(OC)cc2)cc1. The van der Waals surface area contributed by atoms with Crippen LogP contribution in [-0.2, 0) is 4.79 Å². The number of thioether (sulfide) groups is 1. The van der Waals surface area contributed by atoms with Gasteiger partial charge < -0.3 is 9.47 Å². The third kappa shape index (κ3) is 5.88. The molecule has 0 saturated carbocycles. The fourth-order valence-corrected chi connectivity index (χ4v) is 4.05. The highest BCUT2D eigenvalue weighted by Gasteiger charge is 2.17. The Hall–Kier alpha value is -4.11. The summed E-state index contributed by atoms with van der Waals surface area (Å²) in [5.74, 6) is 2.09. The minimum atomic E-state index is -0.242. The molecule has 0 aliphatic carbocycles. The summed E-state index contributed by atoms with van der Waals surface area (Å²) in [6.45, 7) is 1.83. The number of aromatic nitrogens is 3. The second-order valence-corrected chi connectivity index (χ2v) is 8.40. The quantitative estimate of drug-likeness (QED) is 0.211. The maximum atomic E-state index is 12.5. The van der Waals surface area contributed by atoms with Gasteiger partial charge in [0.05, 0.1) is 25.7 Å². The van der Waals surface area contributed by atoms with Crippen LogP contribution in [0, 0.1) is 0 Å². The first-order chi connectivity index (χ1) is 17.1. The van der Waals surface area contributed by atoms with E-state index in [1.807, 2.05) is 90.4 Å². The third-order valence-corrected chi connectivity index (χ3v) is 6.11. The summed E-state index contributed by atoms with van der Waals surface area (Å²) in [4.78, 5) is 12.5. The molecule has 0 saturated heterocycles. The standard InChI is InChI=1S/C26H25N5O3S/c1-18(19-9-13-22(33-2)14-10-19)27-28-24(32)17-35-26-30-29-25(20-7-5-4-6-8-20)31(26)21-11-15-23(34-3)16-12-21/h4-16H,17H2,1-3H3,(H,28,32)/b27-18+. The molecule has 8 nitrogen and oxygen atoms in total. The minimum absolute atomic E-state index is 0.127. The van der Waals surface area contributed by atoms with E-state index in [1.54, 1.807) is 14.2 Å². The molecule has 0 aliphatic heterocycles. The molecule has 1 heterocycles. The molecular weight excluding hydrogens is 462 g/mol. The molecule has 4 aromatic rings. The molecule has 0 fully saturated rings. The van der Waals surface area contributed by atoms with E-state index in [4.69, 9.17) is 9.47 Å². The van der Waals surface area contributed by atoms with Crippen LogP contribution in [0.15, 0.2) is 89.1 Å². The average molecular weight is 488 g/mol. The fraction of sp³-hybridized carbons (Fsp3) is 0.154. The molecule has 1 aromatic heterocycles. The summed E-state index contributed by atoms with van der Waals surface area (Å²) in [5.41, 5.74) is 5.99. The molecule has 0 atom stereocenters. The fourth-order valence-electron chi connectivity index (χ4n) is 3.31. The van der Waals surface area contributed by atoms with Crippen molar-refractivity contribution in [1.82, 2.24) is 20.2 Å². The Morgan fingerprint density at radius 1 is 0.914 bits per heavy atom. The van der Waals surface area contributed by atoms with E-state index in [-0.39, 0.29) is 11.7 Å². The smallest absolute Gasteiger partial charge is 0.250 e. The van der Waals surface area contributed by atoms with Gasteiger partial charge in [0.1, 0.15) is 11.5 Å². The lowest BCUT2D eigenvalue weighted by atomic mass is 10.1. The Balaban J connectivity index is 1.50. The zero-order chi connectivity index (χ0) is 24.6. The van der Waals surface area contributed by atoms with Gasteiger partial charge in [-0.1, -0.05) is 42.1 Å². The molecule has 178 valence electrons. The molecule has 0 bridgehead atoms. The van der Waals surface area contributed by atoms with Gasteiger partial charge in [-0.05, 0) is 61.0 Å². The normalized spacial score (nSPS) is 11.2. The number of nitrogens with one attached hydrogen (secondary N) is 1. The summed E-state index contributed by atoms with van der Waals surface area (Å²) in [7, 11) is 3.24. The van der Waals surface area contributed by atoms with E-state index in [1.165, 1.54) is 11.8 Å². The number of hydrogen-bond acceptors (Lipinski definition) is 7. The highest BCUT2D eigenvalue weighted by atomic mass is 32.2. The van der Waals surface area contributed by atoms with Gasteiger partial charge in [-0.3, -0.25) is 9.36 Å². The van der Waals surface area contributed by atoms with Crippen molar-refractivity contribution in [3.05, 3.63) is 84.4 Å². The van der Waals surface area contributed by atoms with E-state index in [0.717, 1.165) is 28.3 Å². The number of hydrazone groups is 1. The van der Waals surface area contributed by atoms with Crippen LogP contribution in [0.3, 0.4) is 0 Å². The van der Waals surface area contributed by atoms with Gasteiger partial charge in [0.15, 0.2) is 11.0 Å². The van der Waals surface area contributed by atoms with Crippen LogP contribution in [-0.4, -0.2) is 46.4 Å². The highest BCUT2D eigenvalue weighted by molar-refractivity contribution is 7.99. The van der Waals surface area contributed by atoms with Crippen molar-refractivity contribution in [2.24, 2.45) is 5.10 Å².